The largest absolute Gasteiger partial charge is 0.465 e. The third-order valence-corrected chi connectivity index (χ3v) is 2.73. The van der Waals surface area contributed by atoms with Crippen LogP contribution >= 0.6 is 0 Å². The minimum absolute atomic E-state index is 0.214. The van der Waals surface area contributed by atoms with Gasteiger partial charge in [-0.05, 0) is 30.3 Å². The average molecular weight is 286 g/mol. The van der Waals surface area contributed by atoms with Crippen molar-refractivity contribution in [2.24, 2.45) is 0 Å². The summed E-state index contributed by atoms with van der Waals surface area (Å²) in [6, 6.07) is 13.4. The second-order valence-electron chi connectivity index (χ2n) is 4.14. The lowest BCUT2D eigenvalue weighted by Crippen LogP contribution is -2.07. The third kappa shape index (κ3) is 3.60. The van der Waals surface area contributed by atoms with Gasteiger partial charge in [0.15, 0.2) is 0 Å². The first kappa shape index (κ1) is 14.6. The average Bonchev–Trinajstić information content (AvgIpc) is 2.53. The summed E-state index contributed by atoms with van der Waals surface area (Å²) in [5, 5.41) is 0. The first-order chi connectivity index (χ1) is 10.1. The number of carbonyl (C=O) groups is 2. The van der Waals surface area contributed by atoms with Gasteiger partial charge >= 0.3 is 11.9 Å². The highest BCUT2D eigenvalue weighted by Gasteiger charge is 2.14. The zero-order valence-electron chi connectivity index (χ0n) is 11.7. The SMILES string of the molecule is COC(=O)c1cc(Oc2ccccc2)cc(C(=O)OC)c1. The van der Waals surface area contributed by atoms with Gasteiger partial charge in [-0.25, -0.2) is 9.59 Å². The first-order valence-electron chi connectivity index (χ1n) is 6.18. The molecule has 2 aromatic rings. The lowest BCUT2D eigenvalue weighted by molar-refractivity contribution is 0.0598. The van der Waals surface area contributed by atoms with Crippen molar-refractivity contribution in [1.82, 2.24) is 0 Å². The van der Waals surface area contributed by atoms with Crippen LogP contribution in [0.1, 0.15) is 20.7 Å². The molecule has 0 saturated carbocycles. The molecule has 21 heavy (non-hydrogen) atoms. The van der Waals surface area contributed by atoms with Crippen molar-refractivity contribution in [3.05, 3.63) is 59.7 Å². The van der Waals surface area contributed by atoms with Gasteiger partial charge in [0.25, 0.3) is 0 Å². The van der Waals surface area contributed by atoms with E-state index in [1.54, 1.807) is 12.1 Å². The monoisotopic (exact) mass is 286 g/mol. The number of hydrogen-bond acceptors (Lipinski definition) is 5. The minimum atomic E-state index is -0.557. The first-order valence-corrected chi connectivity index (χ1v) is 6.18. The highest BCUT2D eigenvalue weighted by Crippen LogP contribution is 2.24. The Morgan fingerprint density at radius 3 is 1.76 bits per heavy atom. The third-order valence-electron chi connectivity index (χ3n) is 2.73. The molecule has 2 aromatic carbocycles. The van der Waals surface area contributed by atoms with Gasteiger partial charge in [0.05, 0.1) is 25.3 Å². The molecular formula is C16H14O5. The van der Waals surface area contributed by atoms with Gasteiger partial charge in [0.2, 0.25) is 0 Å². The van der Waals surface area contributed by atoms with Crippen LogP contribution in [0.4, 0.5) is 0 Å². The summed E-state index contributed by atoms with van der Waals surface area (Å²) in [5.41, 5.74) is 0.428. The van der Waals surface area contributed by atoms with Gasteiger partial charge in [-0.3, -0.25) is 0 Å². The van der Waals surface area contributed by atoms with Crippen LogP contribution in [0.3, 0.4) is 0 Å². The summed E-state index contributed by atoms with van der Waals surface area (Å²) in [5.74, 6) is -0.169. The Bertz CT molecular complexity index is 615. The molecular weight excluding hydrogens is 272 g/mol. The number of para-hydroxylation sites is 1. The standard InChI is InChI=1S/C16H14O5/c1-19-15(17)11-8-12(16(18)20-2)10-14(9-11)21-13-6-4-3-5-7-13/h3-10H,1-2H3. The molecule has 0 radical (unpaired) electrons. The number of rotatable bonds is 4. The summed E-state index contributed by atoms with van der Waals surface area (Å²) < 4.78 is 15.0. The number of benzene rings is 2. The highest BCUT2D eigenvalue weighted by molar-refractivity contribution is 5.96. The molecule has 0 spiro atoms. The molecule has 0 N–H and O–H groups in total. The lowest BCUT2D eigenvalue weighted by Gasteiger charge is -2.09. The quantitative estimate of drug-likeness (QED) is 0.808. The smallest absolute Gasteiger partial charge is 0.338 e. The predicted molar refractivity (Wildman–Crippen MR) is 75.6 cm³/mol. The summed E-state index contributed by atoms with van der Waals surface area (Å²) in [6.07, 6.45) is 0. The van der Waals surface area contributed by atoms with E-state index in [0.29, 0.717) is 11.5 Å². The zero-order chi connectivity index (χ0) is 15.2. The number of hydrogen-bond donors (Lipinski definition) is 0. The molecule has 0 aliphatic rings. The molecule has 2 rings (SSSR count). The molecule has 5 nitrogen and oxygen atoms in total. The molecule has 0 aromatic heterocycles. The van der Waals surface area contributed by atoms with E-state index in [2.05, 4.69) is 9.47 Å². The van der Waals surface area contributed by atoms with E-state index >= 15 is 0 Å². The Kier molecular flexibility index (Phi) is 4.56. The molecule has 0 aliphatic heterocycles. The minimum Gasteiger partial charge on any atom is -0.465 e. The normalized spacial score (nSPS) is 9.81. The molecule has 108 valence electrons. The van der Waals surface area contributed by atoms with E-state index in [-0.39, 0.29) is 11.1 Å². The fourth-order valence-corrected chi connectivity index (χ4v) is 1.75. The van der Waals surface area contributed by atoms with Crippen molar-refractivity contribution in [3.8, 4) is 11.5 Å². The number of ether oxygens (including phenoxy) is 3. The maximum atomic E-state index is 11.7. The fourth-order valence-electron chi connectivity index (χ4n) is 1.75. The van der Waals surface area contributed by atoms with Crippen molar-refractivity contribution < 1.29 is 23.8 Å². The molecule has 0 atom stereocenters. The van der Waals surface area contributed by atoms with Crippen LogP contribution in [0.2, 0.25) is 0 Å². The zero-order valence-corrected chi connectivity index (χ0v) is 11.7. The topological polar surface area (TPSA) is 61.8 Å². The Labute approximate surface area is 122 Å². The van der Waals surface area contributed by atoms with Gasteiger partial charge in [-0.1, -0.05) is 18.2 Å². The second kappa shape index (κ2) is 6.56. The predicted octanol–water partition coefficient (Wildman–Crippen LogP) is 3.05. The second-order valence-corrected chi connectivity index (χ2v) is 4.14. The van der Waals surface area contributed by atoms with Gasteiger partial charge in [0, 0.05) is 0 Å². The van der Waals surface area contributed by atoms with Crippen molar-refractivity contribution in [3.63, 3.8) is 0 Å². The molecule has 0 bridgehead atoms. The number of esters is 2. The molecule has 0 fully saturated rings. The van der Waals surface area contributed by atoms with Crippen LogP contribution in [0.15, 0.2) is 48.5 Å². The molecule has 0 amide bonds. The van der Waals surface area contributed by atoms with Crippen LogP contribution in [0.25, 0.3) is 0 Å². The van der Waals surface area contributed by atoms with Crippen LogP contribution in [0.5, 0.6) is 11.5 Å². The van der Waals surface area contributed by atoms with Crippen LogP contribution in [-0.4, -0.2) is 26.2 Å². The van der Waals surface area contributed by atoms with Crippen molar-refractivity contribution >= 4 is 11.9 Å². The molecule has 0 aliphatic carbocycles. The van der Waals surface area contributed by atoms with Gasteiger partial charge in [0.1, 0.15) is 11.5 Å². The van der Waals surface area contributed by atoms with Crippen molar-refractivity contribution in [1.29, 1.82) is 0 Å². The Hall–Kier alpha value is -2.82. The van der Waals surface area contributed by atoms with E-state index in [9.17, 15) is 9.59 Å². The van der Waals surface area contributed by atoms with E-state index < -0.39 is 11.9 Å². The van der Waals surface area contributed by atoms with Crippen molar-refractivity contribution in [2.75, 3.05) is 14.2 Å². The maximum absolute atomic E-state index is 11.7. The summed E-state index contributed by atoms with van der Waals surface area (Å²) in [7, 11) is 2.54. The Balaban J connectivity index is 2.39. The Morgan fingerprint density at radius 2 is 1.29 bits per heavy atom. The van der Waals surface area contributed by atoms with Crippen LogP contribution < -0.4 is 4.74 Å². The van der Waals surface area contributed by atoms with Gasteiger partial charge < -0.3 is 14.2 Å². The molecule has 5 heteroatoms. The highest BCUT2D eigenvalue weighted by atomic mass is 16.5. The van der Waals surface area contributed by atoms with Gasteiger partial charge in [-0.2, -0.15) is 0 Å². The summed E-state index contributed by atoms with van der Waals surface area (Å²) in [6.45, 7) is 0. The summed E-state index contributed by atoms with van der Waals surface area (Å²) >= 11 is 0. The fraction of sp³-hybridized carbons (Fsp3) is 0.125. The van der Waals surface area contributed by atoms with Crippen LogP contribution in [0, 0.1) is 0 Å². The molecule has 0 saturated heterocycles. The van der Waals surface area contributed by atoms with Crippen molar-refractivity contribution in [2.45, 2.75) is 0 Å². The molecule has 0 heterocycles. The van der Waals surface area contributed by atoms with E-state index in [4.69, 9.17) is 4.74 Å². The summed E-state index contributed by atoms with van der Waals surface area (Å²) in [4.78, 5) is 23.3. The van der Waals surface area contributed by atoms with E-state index in [0.717, 1.165) is 0 Å². The van der Waals surface area contributed by atoms with E-state index in [1.165, 1.54) is 32.4 Å². The lowest BCUT2D eigenvalue weighted by atomic mass is 10.1. The van der Waals surface area contributed by atoms with Gasteiger partial charge in [-0.15, -0.1) is 0 Å². The molecule has 0 unspecified atom stereocenters. The van der Waals surface area contributed by atoms with Crippen LogP contribution in [-0.2, 0) is 9.47 Å². The Morgan fingerprint density at radius 1 is 0.762 bits per heavy atom. The number of carbonyl (C=O) groups excluding carboxylic acids is 2. The van der Waals surface area contributed by atoms with E-state index in [1.807, 2.05) is 18.2 Å². The number of methoxy groups -OCH3 is 2. The maximum Gasteiger partial charge on any atom is 0.338 e.